The topological polar surface area (TPSA) is 54.5 Å². The number of carbonyl (C=O) groups excluding carboxylic acids is 1. The molecule has 1 aromatic rings. The molecule has 6 heteroatoms. The molecule has 0 bridgehead atoms. The minimum absolute atomic E-state index is 0.0409. The maximum atomic E-state index is 14.3. The molecule has 110 valence electrons. The monoisotopic (exact) mass is 281 g/mol. The van der Waals surface area contributed by atoms with Crippen LogP contribution in [0.25, 0.3) is 0 Å². The summed E-state index contributed by atoms with van der Waals surface area (Å²) in [6.45, 7) is 7.16. The summed E-state index contributed by atoms with van der Waals surface area (Å²) in [7, 11) is 0. The van der Waals surface area contributed by atoms with Gasteiger partial charge in [-0.25, -0.2) is 9.37 Å². The fourth-order valence-electron chi connectivity index (χ4n) is 2.41. The molecule has 1 aliphatic heterocycles. The van der Waals surface area contributed by atoms with Crippen molar-refractivity contribution in [2.45, 2.75) is 33.0 Å². The summed E-state index contributed by atoms with van der Waals surface area (Å²) in [5, 5.41) is 2.81. The molecule has 1 aromatic heterocycles. The number of rotatable bonds is 3. The number of halogens is 1. The highest BCUT2D eigenvalue weighted by Gasteiger charge is 2.28. The lowest BCUT2D eigenvalue weighted by molar-refractivity contribution is -0.0587. The third-order valence-electron chi connectivity index (χ3n) is 3.17. The van der Waals surface area contributed by atoms with Crippen molar-refractivity contribution in [3.63, 3.8) is 0 Å². The molecule has 2 heterocycles. The predicted molar refractivity (Wildman–Crippen MR) is 74.3 cm³/mol. The number of pyridine rings is 1. The minimum Gasteiger partial charge on any atom is -0.372 e. The Morgan fingerprint density at radius 2 is 2.15 bits per heavy atom. The molecule has 0 radical (unpaired) electrons. The average molecular weight is 281 g/mol. The van der Waals surface area contributed by atoms with Crippen LogP contribution < -0.4 is 5.32 Å². The van der Waals surface area contributed by atoms with Crippen molar-refractivity contribution in [1.29, 1.82) is 0 Å². The second-order valence-electron chi connectivity index (χ2n) is 5.02. The summed E-state index contributed by atoms with van der Waals surface area (Å²) >= 11 is 0. The maximum Gasteiger partial charge on any atom is 0.257 e. The minimum atomic E-state index is -0.592. The molecule has 1 N–H and O–H groups in total. The van der Waals surface area contributed by atoms with Gasteiger partial charge in [-0.1, -0.05) is 0 Å². The molecule has 0 spiro atoms. The van der Waals surface area contributed by atoms with Gasteiger partial charge in [-0.15, -0.1) is 0 Å². The fourth-order valence-corrected chi connectivity index (χ4v) is 2.41. The van der Waals surface area contributed by atoms with E-state index in [1.807, 2.05) is 20.8 Å². The van der Waals surface area contributed by atoms with Gasteiger partial charge >= 0.3 is 0 Å². The summed E-state index contributed by atoms with van der Waals surface area (Å²) in [4.78, 5) is 18.0. The molecule has 0 aromatic carbocycles. The Hall–Kier alpha value is -1.69. The average Bonchev–Trinajstić information content (AvgIpc) is 2.39. The number of hydrogen-bond acceptors (Lipinski definition) is 4. The molecular weight excluding hydrogens is 261 g/mol. The van der Waals surface area contributed by atoms with E-state index in [9.17, 15) is 9.18 Å². The first-order chi connectivity index (χ1) is 9.52. The van der Waals surface area contributed by atoms with Crippen LogP contribution in [0.2, 0.25) is 0 Å². The standard InChI is InChI=1S/C14H20FN3O2/c1-4-16-13-12(15)11(5-6-17-13)14(19)18-7-9(2)20-10(3)8-18/h5-6,9-10H,4,7-8H2,1-3H3,(H,16,17). The highest BCUT2D eigenvalue weighted by molar-refractivity contribution is 5.95. The molecule has 1 amide bonds. The number of nitrogens with zero attached hydrogens (tertiary/aromatic N) is 2. The van der Waals surface area contributed by atoms with E-state index < -0.39 is 5.82 Å². The smallest absolute Gasteiger partial charge is 0.257 e. The lowest BCUT2D eigenvalue weighted by Gasteiger charge is -2.35. The van der Waals surface area contributed by atoms with Crippen molar-refractivity contribution in [3.8, 4) is 0 Å². The normalized spacial score (nSPS) is 22.7. The zero-order valence-electron chi connectivity index (χ0n) is 12.0. The molecule has 5 nitrogen and oxygen atoms in total. The number of carbonyl (C=O) groups is 1. The van der Waals surface area contributed by atoms with E-state index in [-0.39, 0.29) is 29.5 Å². The first kappa shape index (κ1) is 14.7. The zero-order valence-corrected chi connectivity index (χ0v) is 12.0. The number of aromatic nitrogens is 1. The third kappa shape index (κ3) is 3.07. The van der Waals surface area contributed by atoms with Crippen LogP contribution in [0.4, 0.5) is 10.2 Å². The van der Waals surface area contributed by atoms with Gasteiger partial charge in [0, 0.05) is 25.8 Å². The summed E-state index contributed by atoms with van der Waals surface area (Å²) in [5.41, 5.74) is 0.0530. The van der Waals surface area contributed by atoms with Crippen molar-refractivity contribution in [2.24, 2.45) is 0 Å². The highest BCUT2D eigenvalue weighted by atomic mass is 19.1. The molecule has 1 fully saturated rings. The Morgan fingerprint density at radius 1 is 1.50 bits per heavy atom. The Morgan fingerprint density at radius 3 is 2.75 bits per heavy atom. The van der Waals surface area contributed by atoms with E-state index >= 15 is 0 Å². The van der Waals surface area contributed by atoms with Crippen molar-refractivity contribution in [2.75, 3.05) is 25.0 Å². The van der Waals surface area contributed by atoms with Gasteiger partial charge in [0.2, 0.25) is 0 Å². The van der Waals surface area contributed by atoms with Gasteiger partial charge in [0.1, 0.15) is 0 Å². The van der Waals surface area contributed by atoms with Crippen LogP contribution in [0.1, 0.15) is 31.1 Å². The maximum absolute atomic E-state index is 14.3. The second kappa shape index (κ2) is 6.17. The van der Waals surface area contributed by atoms with Crippen LogP contribution in [0.3, 0.4) is 0 Å². The summed E-state index contributed by atoms with van der Waals surface area (Å²) in [6, 6.07) is 1.42. The highest BCUT2D eigenvalue weighted by Crippen LogP contribution is 2.19. The number of ether oxygens (including phenoxy) is 1. The quantitative estimate of drug-likeness (QED) is 0.919. The molecular formula is C14H20FN3O2. The molecule has 1 aliphatic rings. The molecule has 0 saturated carbocycles. The van der Waals surface area contributed by atoms with Crippen LogP contribution in [0.15, 0.2) is 12.3 Å². The van der Waals surface area contributed by atoms with E-state index in [2.05, 4.69) is 10.3 Å². The van der Waals surface area contributed by atoms with Gasteiger partial charge < -0.3 is 15.0 Å². The van der Waals surface area contributed by atoms with Crippen molar-refractivity contribution >= 4 is 11.7 Å². The van der Waals surface area contributed by atoms with E-state index in [0.29, 0.717) is 19.6 Å². The van der Waals surface area contributed by atoms with Gasteiger partial charge in [0.05, 0.1) is 17.8 Å². The van der Waals surface area contributed by atoms with Crippen LogP contribution >= 0.6 is 0 Å². The Bertz CT molecular complexity index is 485. The van der Waals surface area contributed by atoms with Crippen molar-refractivity contribution in [3.05, 3.63) is 23.6 Å². The Labute approximate surface area is 118 Å². The second-order valence-corrected chi connectivity index (χ2v) is 5.02. The SMILES string of the molecule is CCNc1nccc(C(=O)N2CC(C)OC(C)C2)c1F. The largest absolute Gasteiger partial charge is 0.372 e. The van der Waals surface area contributed by atoms with Gasteiger partial charge in [0.15, 0.2) is 11.6 Å². The predicted octanol–water partition coefficient (Wildman–Crippen LogP) is 1.90. The molecule has 1 saturated heterocycles. The number of morpholine rings is 1. The van der Waals surface area contributed by atoms with Gasteiger partial charge in [-0.05, 0) is 26.8 Å². The van der Waals surface area contributed by atoms with Crippen molar-refractivity contribution in [1.82, 2.24) is 9.88 Å². The molecule has 2 rings (SSSR count). The lowest BCUT2D eigenvalue weighted by Crippen LogP contribution is -2.48. The van der Waals surface area contributed by atoms with Gasteiger partial charge in [0.25, 0.3) is 5.91 Å². The van der Waals surface area contributed by atoms with E-state index in [0.717, 1.165) is 0 Å². The van der Waals surface area contributed by atoms with Crippen LogP contribution in [0, 0.1) is 5.82 Å². The fraction of sp³-hybridized carbons (Fsp3) is 0.571. The van der Waals surface area contributed by atoms with Crippen LogP contribution in [0.5, 0.6) is 0 Å². The molecule has 2 atom stereocenters. The summed E-state index contributed by atoms with van der Waals surface area (Å²) < 4.78 is 19.8. The number of nitrogens with one attached hydrogen (secondary N) is 1. The first-order valence-corrected chi connectivity index (χ1v) is 6.86. The van der Waals surface area contributed by atoms with Crippen LogP contribution in [-0.2, 0) is 4.74 Å². The Kier molecular flexibility index (Phi) is 4.54. The van der Waals surface area contributed by atoms with Gasteiger partial charge in [-0.3, -0.25) is 4.79 Å². The number of anilines is 1. The number of amides is 1. The van der Waals surface area contributed by atoms with E-state index in [1.165, 1.54) is 12.3 Å². The number of hydrogen-bond donors (Lipinski definition) is 1. The van der Waals surface area contributed by atoms with Crippen LogP contribution in [-0.4, -0.2) is 47.6 Å². The first-order valence-electron chi connectivity index (χ1n) is 6.86. The van der Waals surface area contributed by atoms with Crippen molar-refractivity contribution < 1.29 is 13.9 Å². The Balaban J connectivity index is 2.22. The molecule has 0 aliphatic carbocycles. The van der Waals surface area contributed by atoms with E-state index in [1.54, 1.807) is 4.90 Å². The zero-order chi connectivity index (χ0) is 14.7. The lowest BCUT2D eigenvalue weighted by atomic mass is 10.1. The molecule has 20 heavy (non-hydrogen) atoms. The summed E-state index contributed by atoms with van der Waals surface area (Å²) in [6.07, 6.45) is 1.36. The third-order valence-corrected chi connectivity index (χ3v) is 3.17. The molecule has 2 unspecified atom stereocenters. The van der Waals surface area contributed by atoms with Gasteiger partial charge in [-0.2, -0.15) is 0 Å². The summed E-state index contributed by atoms with van der Waals surface area (Å²) in [5.74, 6) is -0.787. The van der Waals surface area contributed by atoms with E-state index in [4.69, 9.17) is 4.74 Å².